The molecule has 2 aliphatic carbocycles. The molecule has 0 radical (unpaired) electrons. The van der Waals surface area contributed by atoms with Crippen molar-refractivity contribution in [1.82, 2.24) is 0 Å². The molecule has 90 valence electrons. The standard InChI is InChI=1S/C16H26/c1-13(2)15-12-11-14-9-7-5-3-4-6-8-10-16(14)15/h5,7,9,13,15-16H,3-4,6,8,10-12H2,1-2H3/b7-5+,14-9-. The van der Waals surface area contributed by atoms with E-state index in [1.807, 2.05) is 0 Å². The molecule has 0 heterocycles. The normalized spacial score (nSPS) is 36.6. The van der Waals surface area contributed by atoms with Crippen molar-refractivity contribution in [3.63, 3.8) is 0 Å². The van der Waals surface area contributed by atoms with E-state index >= 15 is 0 Å². The molecule has 1 saturated carbocycles. The summed E-state index contributed by atoms with van der Waals surface area (Å²) in [6.45, 7) is 4.81. The van der Waals surface area contributed by atoms with Gasteiger partial charge in [0.15, 0.2) is 0 Å². The number of hydrogen-bond donors (Lipinski definition) is 0. The zero-order chi connectivity index (χ0) is 11.4. The second-order valence-electron chi connectivity index (χ2n) is 5.86. The Morgan fingerprint density at radius 2 is 2.00 bits per heavy atom. The lowest BCUT2D eigenvalue weighted by Gasteiger charge is -2.24. The van der Waals surface area contributed by atoms with E-state index in [2.05, 4.69) is 32.1 Å². The fourth-order valence-corrected chi connectivity index (χ4v) is 3.49. The molecule has 2 aliphatic rings. The summed E-state index contributed by atoms with van der Waals surface area (Å²) in [5.74, 6) is 2.73. The van der Waals surface area contributed by atoms with Gasteiger partial charge in [0.05, 0.1) is 0 Å². The van der Waals surface area contributed by atoms with E-state index < -0.39 is 0 Å². The third kappa shape index (κ3) is 2.78. The Bertz CT molecular complexity index is 270. The molecule has 0 aliphatic heterocycles. The molecule has 16 heavy (non-hydrogen) atoms. The fourth-order valence-electron chi connectivity index (χ4n) is 3.49. The lowest BCUT2D eigenvalue weighted by Crippen LogP contribution is -2.15. The van der Waals surface area contributed by atoms with Gasteiger partial charge in [0.25, 0.3) is 0 Å². The van der Waals surface area contributed by atoms with Gasteiger partial charge in [-0.1, -0.05) is 50.5 Å². The molecule has 2 atom stereocenters. The molecule has 0 N–H and O–H groups in total. The summed E-state index contributed by atoms with van der Waals surface area (Å²) in [6.07, 6.45) is 16.9. The quantitative estimate of drug-likeness (QED) is 0.573. The molecule has 0 amide bonds. The minimum absolute atomic E-state index is 0.864. The zero-order valence-electron chi connectivity index (χ0n) is 10.9. The monoisotopic (exact) mass is 218 g/mol. The SMILES string of the molecule is CC(C)C1CC/C2=C/C=C/CCCCCC21. The van der Waals surface area contributed by atoms with Gasteiger partial charge >= 0.3 is 0 Å². The van der Waals surface area contributed by atoms with Crippen LogP contribution in [-0.4, -0.2) is 0 Å². The Morgan fingerprint density at radius 1 is 1.12 bits per heavy atom. The maximum Gasteiger partial charge on any atom is -0.0169 e. The van der Waals surface area contributed by atoms with Crippen LogP contribution < -0.4 is 0 Å². The molecule has 2 rings (SSSR count). The minimum atomic E-state index is 0.864. The van der Waals surface area contributed by atoms with Crippen molar-refractivity contribution in [1.29, 1.82) is 0 Å². The van der Waals surface area contributed by atoms with E-state index in [9.17, 15) is 0 Å². The summed E-state index contributed by atoms with van der Waals surface area (Å²) < 4.78 is 0. The Hall–Kier alpha value is -0.520. The van der Waals surface area contributed by atoms with E-state index in [0.29, 0.717) is 0 Å². The number of fused-ring (bicyclic) bond motifs is 1. The molecule has 1 fully saturated rings. The van der Waals surface area contributed by atoms with E-state index in [-0.39, 0.29) is 0 Å². The third-order valence-electron chi connectivity index (χ3n) is 4.45. The van der Waals surface area contributed by atoms with Gasteiger partial charge in [0, 0.05) is 0 Å². The molecular formula is C16H26. The summed E-state index contributed by atoms with van der Waals surface area (Å²) in [4.78, 5) is 0. The molecule has 2 unspecified atom stereocenters. The van der Waals surface area contributed by atoms with Gasteiger partial charge in [-0.3, -0.25) is 0 Å². The van der Waals surface area contributed by atoms with Crippen molar-refractivity contribution in [2.45, 2.75) is 58.8 Å². The van der Waals surface area contributed by atoms with Gasteiger partial charge in [-0.05, 0) is 49.9 Å². The fraction of sp³-hybridized carbons (Fsp3) is 0.750. The van der Waals surface area contributed by atoms with E-state index in [1.165, 1.54) is 44.9 Å². The predicted octanol–water partition coefficient (Wildman–Crippen LogP) is 5.12. The lowest BCUT2D eigenvalue weighted by atomic mass is 9.81. The van der Waals surface area contributed by atoms with Gasteiger partial charge in [-0.15, -0.1) is 0 Å². The summed E-state index contributed by atoms with van der Waals surface area (Å²) in [5.41, 5.74) is 1.75. The zero-order valence-corrected chi connectivity index (χ0v) is 10.9. The highest BCUT2D eigenvalue weighted by Gasteiger charge is 2.32. The molecule has 0 aromatic heterocycles. The van der Waals surface area contributed by atoms with Gasteiger partial charge in [-0.2, -0.15) is 0 Å². The number of allylic oxidation sites excluding steroid dienone is 4. The maximum absolute atomic E-state index is 2.43. The van der Waals surface area contributed by atoms with E-state index in [0.717, 1.165) is 17.8 Å². The highest BCUT2D eigenvalue weighted by atomic mass is 14.4. The van der Waals surface area contributed by atoms with Crippen LogP contribution in [-0.2, 0) is 0 Å². The van der Waals surface area contributed by atoms with Gasteiger partial charge in [-0.25, -0.2) is 0 Å². The van der Waals surface area contributed by atoms with Crippen LogP contribution in [0.1, 0.15) is 58.8 Å². The average molecular weight is 218 g/mol. The maximum atomic E-state index is 2.43. The van der Waals surface area contributed by atoms with Crippen LogP contribution in [0.25, 0.3) is 0 Å². The predicted molar refractivity (Wildman–Crippen MR) is 71.4 cm³/mol. The van der Waals surface area contributed by atoms with Crippen LogP contribution in [0, 0.1) is 17.8 Å². The van der Waals surface area contributed by atoms with Crippen molar-refractivity contribution in [2.24, 2.45) is 17.8 Å². The van der Waals surface area contributed by atoms with Crippen LogP contribution in [0.3, 0.4) is 0 Å². The van der Waals surface area contributed by atoms with Crippen LogP contribution in [0.5, 0.6) is 0 Å². The molecular weight excluding hydrogens is 192 g/mol. The van der Waals surface area contributed by atoms with Crippen molar-refractivity contribution in [3.8, 4) is 0 Å². The number of rotatable bonds is 1. The Kier molecular flexibility index (Phi) is 4.26. The molecule has 0 nitrogen and oxygen atoms in total. The molecule has 0 heteroatoms. The second-order valence-corrected chi connectivity index (χ2v) is 5.86. The summed E-state index contributed by atoms with van der Waals surface area (Å²) in [5, 5.41) is 0. The number of hydrogen-bond acceptors (Lipinski definition) is 0. The topological polar surface area (TPSA) is 0 Å². The summed E-state index contributed by atoms with van der Waals surface area (Å²) >= 11 is 0. The minimum Gasteiger partial charge on any atom is -0.0845 e. The van der Waals surface area contributed by atoms with Crippen LogP contribution in [0.15, 0.2) is 23.8 Å². The highest BCUT2D eigenvalue weighted by Crippen LogP contribution is 2.43. The Balaban J connectivity index is 2.12. The third-order valence-corrected chi connectivity index (χ3v) is 4.45. The smallest absolute Gasteiger partial charge is 0.0169 e. The largest absolute Gasteiger partial charge is 0.0845 e. The molecule has 0 spiro atoms. The first-order valence-corrected chi connectivity index (χ1v) is 7.14. The lowest BCUT2D eigenvalue weighted by molar-refractivity contribution is 0.296. The molecule has 0 aromatic rings. The summed E-state index contributed by atoms with van der Waals surface area (Å²) in [6, 6.07) is 0. The second kappa shape index (κ2) is 5.70. The van der Waals surface area contributed by atoms with E-state index in [1.54, 1.807) is 5.57 Å². The van der Waals surface area contributed by atoms with Gasteiger partial charge in [0.1, 0.15) is 0 Å². The van der Waals surface area contributed by atoms with Gasteiger partial charge in [0.2, 0.25) is 0 Å². The first-order valence-electron chi connectivity index (χ1n) is 7.14. The van der Waals surface area contributed by atoms with E-state index in [4.69, 9.17) is 0 Å². The molecule has 0 saturated heterocycles. The van der Waals surface area contributed by atoms with Crippen molar-refractivity contribution < 1.29 is 0 Å². The first-order chi connectivity index (χ1) is 7.79. The van der Waals surface area contributed by atoms with Crippen molar-refractivity contribution in [2.75, 3.05) is 0 Å². The Labute approximate surface area is 101 Å². The summed E-state index contributed by atoms with van der Waals surface area (Å²) in [7, 11) is 0. The van der Waals surface area contributed by atoms with Crippen LogP contribution in [0.4, 0.5) is 0 Å². The van der Waals surface area contributed by atoms with Crippen LogP contribution >= 0.6 is 0 Å². The average Bonchev–Trinajstić information content (AvgIpc) is 2.67. The Morgan fingerprint density at radius 3 is 2.81 bits per heavy atom. The van der Waals surface area contributed by atoms with Crippen molar-refractivity contribution in [3.05, 3.63) is 23.8 Å². The molecule has 0 aromatic carbocycles. The first kappa shape index (κ1) is 12.0. The van der Waals surface area contributed by atoms with Crippen molar-refractivity contribution >= 4 is 0 Å². The molecule has 0 bridgehead atoms. The highest BCUT2D eigenvalue weighted by molar-refractivity contribution is 5.20. The van der Waals surface area contributed by atoms with Gasteiger partial charge < -0.3 is 0 Å². The van der Waals surface area contributed by atoms with Crippen LogP contribution in [0.2, 0.25) is 0 Å².